The van der Waals surface area contributed by atoms with Gasteiger partial charge in [0.25, 0.3) is 0 Å². The summed E-state index contributed by atoms with van der Waals surface area (Å²) in [5.41, 5.74) is 6.02. The summed E-state index contributed by atoms with van der Waals surface area (Å²) in [7, 11) is 3.83. The lowest BCUT2D eigenvalue weighted by Gasteiger charge is -2.26. The molecule has 2 aromatic heterocycles. The van der Waals surface area contributed by atoms with Crippen LogP contribution in [-0.4, -0.2) is 45.1 Å². The zero-order chi connectivity index (χ0) is 19.8. The lowest BCUT2D eigenvalue weighted by atomic mass is 9.99. The number of nitrogens with zero attached hydrogens (tertiary/aromatic N) is 5. The number of likely N-dealkylation sites (N-methyl/N-ethyl adjacent to an activating group) is 1. The van der Waals surface area contributed by atoms with Gasteiger partial charge < -0.3 is 15.0 Å². The molecule has 0 spiro atoms. The van der Waals surface area contributed by atoms with Crippen molar-refractivity contribution in [2.24, 2.45) is 0 Å². The Kier molecular flexibility index (Phi) is 4.37. The summed E-state index contributed by atoms with van der Waals surface area (Å²) in [6.45, 7) is 1.99. The van der Waals surface area contributed by atoms with Crippen LogP contribution in [0.1, 0.15) is 11.1 Å². The van der Waals surface area contributed by atoms with Crippen molar-refractivity contribution < 1.29 is 4.74 Å². The maximum atomic E-state index is 5.63. The number of benzene rings is 2. The van der Waals surface area contributed by atoms with Crippen LogP contribution in [0.5, 0.6) is 5.75 Å². The molecule has 146 valence electrons. The van der Waals surface area contributed by atoms with E-state index < -0.39 is 0 Å². The zero-order valence-corrected chi connectivity index (χ0v) is 16.5. The standard InChI is InChI=1S/C22H22N6O/c1-27-9-8-15-11-20(29-2)18(10-16(15)13-27)25-22-23-12-19-21(26-22)28(14-24-19)17-6-4-3-5-7-17/h3-7,10-12,14H,8-9,13H2,1-2H3,(H,23,25,26). The van der Waals surface area contributed by atoms with Gasteiger partial charge in [-0.1, -0.05) is 18.2 Å². The minimum atomic E-state index is 0.512. The fourth-order valence-corrected chi connectivity index (χ4v) is 3.76. The third kappa shape index (κ3) is 3.30. The molecule has 0 amide bonds. The molecule has 0 saturated carbocycles. The van der Waals surface area contributed by atoms with Gasteiger partial charge in [0.05, 0.1) is 19.0 Å². The first-order valence-corrected chi connectivity index (χ1v) is 9.62. The largest absolute Gasteiger partial charge is 0.495 e. The van der Waals surface area contributed by atoms with E-state index in [1.807, 2.05) is 34.9 Å². The Morgan fingerprint density at radius 3 is 2.76 bits per heavy atom. The van der Waals surface area contributed by atoms with Crippen LogP contribution < -0.4 is 10.1 Å². The van der Waals surface area contributed by atoms with E-state index in [2.05, 4.69) is 39.4 Å². The van der Waals surface area contributed by atoms with Crippen LogP contribution in [0.25, 0.3) is 16.9 Å². The molecule has 1 N–H and O–H groups in total. The molecule has 3 heterocycles. The first kappa shape index (κ1) is 17.6. The summed E-state index contributed by atoms with van der Waals surface area (Å²) in [4.78, 5) is 15.9. The Labute approximate surface area is 169 Å². The van der Waals surface area contributed by atoms with Crippen LogP contribution in [0.15, 0.2) is 55.0 Å². The summed E-state index contributed by atoms with van der Waals surface area (Å²) < 4.78 is 7.59. The highest BCUT2D eigenvalue weighted by Crippen LogP contribution is 2.33. The van der Waals surface area contributed by atoms with Crippen LogP contribution in [0.4, 0.5) is 11.6 Å². The van der Waals surface area contributed by atoms with Crippen molar-refractivity contribution in [3.8, 4) is 11.4 Å². The summed E-state index contributed by atoms with van der Waals surface area (Å²) in [6.07, 6.45) is 4.54. The monoisotopic (exact) mass is 386 g/mol. The Hall–Kier alpha value is -3.45. The molecule has 0 fully saturated rings. The molecule has 1 aliphatic rings. The Bertz CT molecular complexity index is 1170. The van der Waals surface area contributed by atoms with E-state index in [0.717, 1.165) is 47.8 Å². The smallest absolute Gasteiger partial charge is 0.229 e. The molecule has 29 heavy (non-hydrogen) atoms. The minimum Gasteiger partial charge on any atom is -0.495 e. The maximum Gasteiger partial charge on any atom is 0.229 e. The molecule has 0 unspecified atom stereocenters. The molecule has 2 aromatic carbocycles. The summed E-state index contributed by atoms with van der Waals surface area (Å²) in [6, 6.07) is 14.3. The summed E-state index contributed by atoms with van der Waals surface area (Å²) in [5.74, 6) is 1.31. The number of hydrogen-bond donors (Lipinski definition) is 1. The highest BCUT2D eigenvalue weighted by molar-refractivity contribution is 5.75. The van der Waals surface area contributed by atoms with E-state index in [1.165, 1.54) is 11.1 Å². The molecular weight excluding hydrogens is 364 g/mol. The predicted molar refractivity (Wildman–Crippen MR) is 113 cm³/mol. The van der Waals surface area contributed by atoms with Gasteiger partial charge in [-0.25, -0.2) is 9.97 Å². The van der Waals surface area contributed by atoms with Gasteiger partial charge in [-0.15, -0.1) is 0 Å². The quantitative estimate of drug-likeness (QED) is 0.578. The van der Waals surface area contributed by atoms with Crippen LogP contribution in [0, 0.1) is 0 Å². The van der Waals surface area contributed by atoms with Gasteiger partial charge in [0, 0.05) is 18.8 Å². The van der Waals surface area contributed by atoms with Gasteiger partial charge in [-0.3, -0.25) is 4.57 Å². The third-order valence-electron chi connectivity index (χ3n) is 5.30. The molecule has 7 heteroatoms. The minimum absolute atomic E-state index is 0.512. The number of anilines is 2. The lowest BCUT2D eigenvalue weighted by molar-refractivity contribution is 0.312. The SMILES string of the molecule is COc1cc2c(cc1Nc1ncc3ncn(-c4ccccc4)c3n1)CN(C)CC2. The first-order chi connectivity index (χ1) is 14.2. The molecule has 1 aliphatic heterocycles. The molecule has 0 bridgehead atoms. The van der Waals surface area contributed by atoms with Gasteiger partial charge in [-0.2, -0.15) is 4.98 Å². The van der Waals surface area contributed by atoms with Crippen molar-refractivity contribution in [2.45, 2.75) is 13.0 Å². The van der Waals surface area contributed by atoms with E-state index in [0.29, 0.717) is 5.95 Å². The normalized spacial score (nSPS) is 14.0. The van der Waals surface area contributed by atoms with Gasteiger partial charge in [0.2, 0.25) is 5.95 Å². The second kappa shape index (κ2) is 7.18. The Morgan fingerprint density at radius 1 is 1.07 bits per heavy atom. The number of rotatable bonds is 4. The molecule has 0 atom stereocenters. The first-order valence-electron chi connectivity index (χ1n) is 9.62. The fraction of sp³-hybridized carbons (Fsp3) is 0.227. The van der Waals surface area contributed by atoms with Crippen LogP contribution in [0.3, 0.4) is 0 Å². The van der Waals surface area contributed by atoms with Crippen molar-refractivity contribution in [2.75, 3.05) is 26.0 Å². The molecule has 0 aliphatic carbocycles. The lowest BCUT2D eigenvalue weighted by Crippen LogP contribution is -2.26. The Morgan fingerprint density at radius 2 is 1.93 bits per heavy atom. The molecule has 5 rings (SSSR count). The van der Waals surface area contributed by atoms with Gasteiger partial charge >= 0.3 is 0 Å². The van der Waals surface area contributed by atoms with E-state index in [4.69, 9.17) is 9.72 Å². The molecular formula is C22H22N6O. The average Bonchev–Trinajstić information content (AvgIpc) is 3.17. The van der Waals surface area contributed by atoms with Crippen molar-refractivity contribution in [1.29, 1.82) is 0 Å². The van der Waals surface area contributed by atoms with E-state index >= 15 is 0 Å². The van der Waals surface area contributed by atoms with Gasteiger partial charge in [-0.05, 0) is 48.9 Å². The number of para-hydroxylation sites is 1. The van der Waals surface area contributed by atoms with E-state index in [-0.39, 0.29) is 0 Å². The van der Waals surface area contributed by atoms with E-state index in [1.54, 1.807) is 19.6 Å². The Balaban J connectivity index is 1.53. The number of nitrogens with one attached hydrogen (secondary N) is 1. The van der Waals surface area contributed by atoms with Crippen molar-refractivity contribution in [3.63, 3.8) is 0 Å². The maximum absolute atomic E-state index is 5.63. The topological polar surface area (TPSA) is 68.1 Å². The number of methoxy groups -OCH3 is 1. The van der Waals surface area contributed by atoms with Crippen LogP contribution in [-0.2, 0) is 13.0 Å². The second-order valence-electron chi connectivity index (χ2n) is 7.29. The third-order valence-corrected chi connectivity index (χ3v) is 5.30. The number of ether oxygens (including phenoxy) is 1. The fourth-order valence-electron chi connectivity index (χ4n) is 3.76. The predicted octanol–water partition coefficient (Wildman–Crippen LogP) is 3.56. The molecule has 0 saturated heterocycles. The van der Waals surface area contributed by atoms with Crippen LogP contribution >= 0.6 is 0 Å². The number of aromatic nitrogens is 4. The highest BCUT2D eigenvalue weighted by atomic mass is 16.5. The van der Waals surface area contributed by atoms with Gasteiger partial charge in [0.1, 0.15) is 17.6 Å². The van der Waals surface area contributed by atoms with Gasteiger partial charge in [0.15, 0.2) is 5.65 Å². The number of hydrogen-bond acceptors (Lipinski definition) is 6. The van der Waals surface area contributed by atoms with Crippen molar-refractivity contribution >= 4 is 22.8 Å². The molecule has 7 nitrogen and oxygen atoms in total. The highest BCUT2D eigenvalue weighted by Gasteiger charge is 2.17. The van der Waals surface area contributed by atoms with Crippen LogP contribution in [0.2, 0.25) is 0 Å². The van der Waals surface area contributed by atoms with Crippen molar-refractivity contribution in [3.05, 3.63) is 66.1 Å². The second-order valence-corrected chi connectivity index (χ2v) is 7.29. The number of imidazole rings is 1. The average molecular weight is 386 g/mol. The van der Waals surface area contributed by atoms with E-state index in [9.17, 15) is 0 Å². The summed E-state index contributed by atoms with van der Waals surface area (Å²) >= 11 is 0. The number of fused-ring (bicyclic) bond motifs is 2. The van der Waals surface area contributed by atoms with Crippen molar-refractivity contribution in [1.82, 2.24) is 24.4 Å². The molecule has 4 aromatic rings. The molecule has 0 radical (unpaired) electrons. The summed E-state index contributed by atoms with van der Waals surface area (Å²) in [5, 5.41) is 3.34. The zero-order valence-electron chi connectivity index (χ0n) is 16.5.